The highest BCUT2D eigenvalue weighted by atomic mass is 32.2. The minimum absolute atomic E-state index is 0.139. The number of rotatable bonds is 8. The van der Waals surface area contributed by atoms with E-state index in [0.29, 0.717) is 16.4 Å². The van der Waals surface area contributed by atoms with Gasteiger partial charge in [-0.25, -0.2) is 4.98 Å². The first kappa shape index (κ1) is 25.0. The molecule has 0 radical (unpaired) electrons. The van der Waals surface area contributed by atoms with E-state index in [1.807, 2.05) is 103 Å². The van der Waals surface area contributed by atoms with Crippen molar-refractivity contribution >= 4 is 57.1 Å². The fourth-order valence-electron chi connectivity index (χ4n) is 3.68. The lowest BCUT2D eigenvalue weighted by molar-refractivity contribution is -0.115. The van der Waals surface area contributed by atoms with Crippen molar-refractivity contribution in [3.63, 3.8) is 0 Å². The van der Waals surface area contributed by atoms with Crippen molar-refractivity contribution in [2.75, 3.05) is 10.6 Å². The van der Waals surface area contributed by atoms with Crippen LogP contribution in [0.1, 0.15) is 26.7 Å². The third-order valence-corrected chi connectivity index (χ3v) is 8.41. The number of carbonyl (C=O) groups is 2. The number of hydrogen-bond donors (Lipinski definition) is 2. The van der Waals surface area contributed by atoms with Gasteiger partial charge in [0.05, 0.1) is 10.6 Å². The third-order valence-electron chi connectivity index (χ3n) is 5.49. The maximum Gasteiger partial charge on any atom is 0.255 e. The summed E-state index contributed by atoms with van der Waals surface area (Å²) in [5.41, 5.74) is 4.11. The molecule has 3 aromatic carbocycles. The summed E-state index contributed by atoms with van der Waals surface area (Å²) in [6.45, 7) is 1.96. The van der Waals surface area contributed by atoms with Crippen LogP contribution in [-0.4, -0.2) is 16.8 Å². The van der Waals surface area contributed by atoms with E-state index in [2.05, 4.69) is 15.6 Å². The quantitative estimate of drug-likeness (QED) is 0.196. The zero-order valence-electron chi connectivity index (χ0n) is 19.9. The molecule has 0 aliphatic heterocycles. The normalized spacial score (nSPS) is 11.6. The molecular weight excluding hydrogens is 519 g/mol. The van der Waals surface area contributed by atoms with Gasteiger partial charge in [-0.05, 0) is 60.3 Å². The number of benzene rings is 3. The summed E-state index contributed by atoms with van der Waals surface area (Å²) in [5, 5.41) is 10.00. The molecule has 0 bridgehead atoms. The molecule has 5 rings (SSSR count). The summed E-state index contributed by atoms with van der Waals surface area (Å²) in [7, 11) is 0. The molecule has 184 valence electrons. The molecule has 0 fully saturated rings. The molecule has 0 saturated carbocycles. The SMILES string of the molecule is Cc1cccc(C(=O)Nc2ccc(SC(C(=O)Nc3nc(-c4cccs4)cs3)c3ccccc3)cc2)c1. The summed E-state index contributed by atoms with van der Waals surface area (Å²) in [6, 6.07) is 28.7. The van der Waals surface area contributed by atoms with Gasteiger partial charge in [-0.1, -0.05) is 54.1 Å². The van der Waals surface area contributed by atoms with E-state index < -0.39 is 5.25 Å². The number of anilines is 2. The van der Waals surface area contributed by atoms with Gasteiger partial charge in [0.2, 0.25) is 5.91 Å². The van der Waals surface area contributed by atoms with Crippen molar-refractivity contribution in [2.45, 2.75) is 17.1 Å². The number of nitrogens with one attached hydrogen (secondary N) is 2. The summed E-state index contributed by atoms with van der Waals surface area (Å²) in [5.74, 6) is -0.295. The topological polar surface area (TPSA) is 71.1 Å². The maximum absolute atomic E-state index is 13.4. The summed E-state index contributed by atoms with van der Waals surface area (Å²) < 4.78 is 0. The first-order valence-corrected chi connectivity index (χ1v) is 14.2. The number of carbonyl (C=O) groups excluding carboxylic acids is 2. The predicted octanol–water partition coefficient (Wildman–Crippen LogP) is 7.90. The van der Waals surface area contributed by atoms with Gasteiger partial charge in [0.25, 0.3) is 5.91 Å². The minimum atomic E-state index is -0.469. The molecule has 2 aromatic heterocycles. The van der Waals surface area contributed by atoms with Gasteiger partial charge in [-0.15, -0.1) is 34.4 Å². The van der Waals surface area contributed by atoms with E-state index in [-0.39, 0.29) is 11.8 Å². The Morgan fingerprint density at radius 1 is 0.865 bits per heavy atom. The fourth-order valence-corrected chi connectivity index (χ4v) is 6.18. The minimum Gasteiger partial charge on any atom is -0.322 e. The monoisotopic (exact) mass is 541 g/mol. The Bertz CT molecular complexity index is 1500. The fraction of sp³-hybridized carbons (Fsp3) is 0.0690. The number of thioether (sulfide) groups is 1. The molecule has 0 aliphatic rings. The molecule has 5 aromatic rings. The molecule has 8 heteroatoms. The number of thiazole rings is 1. The van der Waals surface area contributed by atoms with Gasteiger partial charge in [0.1, 0.15) is 5.25 Å². The second kappa shape index (κ2) is 11.6. The van der Waals surface area contributed by atoms with Crippen LogP contribution in [0.3, 0.4) is 0 Å². The van der Waals surface area contributed by atoms with Gasteiger partial charge in [-0.3, -0.25) is 9.59 Å². The van der Waals surface area contributed by atoms with E-state index in [9.17, 15) is 9.59 Å². The lowest BCUT2D eigenvalue weighted by atomic mass is 10.1. The lowest BCUT2D eigenvalue weighted by Crippen LogP contribution is -2.19. The highest BCUT2D eigenvalue weighted by Crippen LogP contribution is 2.37. The number of aryl methyl sites for hydroxylation is 1. The molecule has 0 saturated heterocycles. The Hall–Kier alpha value is -3.72. The predicted molar refractivity (Wildman–Crippen MR) is 155 cm³/mol. The molecule has 5 nitrogen and oxygen atoms in total. The van der Waals surface area contributed by atoms with Gasteiger partial charge < -0.3 is 10.6 Å². The Morgan fingerprint density at radius 2 is 1.68 bits per heavy atom. The van der Waals surface area contributed by atoms with Crippen molar-refractivity contribution in [1.82, 2.24) is 4.98 Å². The first-order chi connectivity index (χ1) is 18.0. The number of nitrogens with zero attached hydrogens (tertiary/aromatic N) is 1. The smallest absolute Gasteiger partial charge is 0.255 e. The van der Waals surface area contributed by atoms with Gasteiger partial charge in [0, 0.05) is 21.5 Å². The zero-order chi connectivity index (χ0) is 25.6. The number of hydrogen-bond acceptors (Lipinski definition) is 6. The van der Waals surface area contributed by atoms with E-state index in [1.54, 1.807) is 17.4 Å². The number of thiophene rings is 1. The second-order valence-electron chi connectivity index (χ2n) is 8.26. The lowest BCUT2D eigenvalue weighted by Gasteiger charge is -2.16. The van der Waals surface area contributed by atoms with Gasteiger partial charge in [-0.2, -0.15) is 0 Å². The Morgan fingerprint density at radius 3 is 2.41 bits per heavy atom. The highest BCUT2D eigenvalue weighted by molar-refractivity contribution is 8.00. The maximum atomic E-state index is 13.4. The molecule has 1 atom stereocenters. The van der Waals surface area contributed by atoms with Gasteiger partial charge in [0.15, 0.2) is 5.13 Å². The van der Waals surface area contributed by atoms with Crippen LogP contribution in [0.15, 0.2) is 107 Å². The van der Waals surface area contributed by atoms with Crippen LogP contribution in [0.4, 0.5) is 10.8 Å². The van der Waals surface area contributed by atoms with Crippen molar-refractivity contribution in [2.24, 2.45) is 0 Å². The van der Waals surface area contributed by atoms with Crippen LogP contribution in [0.25, 0.3) is 10.6 Å². The van der Waals surface area contributed by atoms with Crippen LogP contribution in [0, 0.1) is 6.92 Å². The highest BCUT2D eigenvalue weighted by Gasteiger charge is 2.23. The molecular formula is C29H23N3O2S3. The van der Waals surface area contributed by atoms with Crippen molar-refractivity contribution < 1.29 is 9.59 Å². The molecule has 2 amide bonds. The van der Waals surface area contributed by atoms with Crippen molar-refractivity contribution in [3.05, 3.63) is 118 Å². The molecule has 37 heavy (non-hydrogen) atoms. The number of amides is 2. The molecule has 0 spiro atoms. The Kier molecular flexibility index (Phi) is 7.79. The van der Waals surface area contributed by atoms with Crippen LogP contribution in [-0.2, 0) is 4.79 Å². The second-order valence-corrected chi connectivity index (χ2v) is 11.2. The first-order valence-electron chi connectivity index (χ1n) is 11.5. The summed E-state index contributed by atoms with van der Waals surface area (Å²) in [6.07, 6.45) is 0. The average molecular weight is 542 g/mol. The zero-order valence-corrected chi connectivity index (χ0v) is 22.3. The van der Waals surface area contributed by atoms with Crippen LogP contribution >= 0.6 is 34.4 Å². The van der Waals surface area contributed by atoms with E-state index in [0.717, 1.165) is 26.6 Å². The van der Waals surface area contributed by atoms with Crippen molar-refractivity contribution in [1.29, 1.82) is 0 Å². The van der Waals surface area contributed by atoms with E-state index in [4.69, 9.17) is 0 Å². The van der Waals surface area contributed by atoms with Crippen molar-refractivity contribution in [3.8, 4) is 10.6 Å². The molecule has 0 aliphatic carbocycles. The average Bonchev–Trinajstić information content (AvgIpc) is 3.61. The molecule has 2 N–H and O–H groups in total. The van der Waals surface area contributed by atoms with Crippen LogP contribution in [0.2, 0.25) is 0 Å². The van der Waals surface area contributed by atoms with Gasteiger partial charge >= 0.3 is 0 Å². The Balaban J connectivity index is 1.29. The Labute approximate surface area is 227 Å². The largest absolute Gasteiger partial charge is 0.322 e. The summed E-state index contributed by atoms with van der Waals surface area (Å²) in [4.78, 5) is 32.5. The molecule has 2 heterocycles. The van der Waals surface area contributed by atoms with E-state index >= 15 is 0 Å². The number of aromatic nitrogens is 1. The van der Waals surface area contributed by atoms with Crippen LogP contribution in [0.5, 0.6) is 0 Å². The van der Waals surface area contributed by atoms with E-state index in [1.165, 1.54) is 23.1 Å². The third kappa shape index (κ3) is 6.35. The van der Waals surface area contributed by atoms with Crippen LogP contribution < -0.4 is 10.6 Å². The standard InChI is InChI=1S/C29H23N3O2S3/c1-19-7-5-10-21(17-19)27(33)30-22-12-14-23(15-13-22)37-26(20-8-3-2-4-9-20)28(34)32-29-31-24(18-36-29)25-11-6-16-35-25/h2-18,26H,1H3,(H,30,33)(H,31,32,34). The summed E-state index contributed by atoms with van der Waals surface area (Å²) >= 11 is 4.49. The molecule has 1 unspecified atom stereocenters.